The average molecular weight is 243 g/mol. The molecule has 0 fully saturated rings. The highest BCUT2D eigenvalue weighted by Gasteiger charge is 2.03. The summed E-state index contributed by atoms with van der Waals surface area (Å²) in [5.74, 6) is 1.71. The maximum absolute atomic E-state index is 10.8. The van der Waals surface area contributed by atoms with Gasteiger partial charge >= 0.3 is 0 Å². The van der Waals surface area contributed by atoms with E-state index in [9.17, 15) is 4.79 Å². The Morgan fingerprint density at radius 2 is 1.78 bits per heavy atom. The van der Waals surface area contributed by atoms with Gasteiger partial charge in [-0.3, -0.25) is 4.79 Å². The van der Waals surface area contributed by atoms with Crippen LogP contribution >= 0.6 is 0 Å². The van der Waals surface area contributed by atoms with Crippen molar-refractivity contribution in [1.29, 1.82) is 0 Å². The lowest BCUT2D eigenvalue weighted by molar-refractivity contribution is -0.119. The van der Waals surface area contributed by atoms with E-state index >= 15 is 0 Å². The first-order valence-electron chi connectivity index (χ1n) is 6.10. The van der Waals surface area contributed by atoms with Gasteiger partial charge in [0.05, 0.1) is 6.54 Å². The molecule has 1 aromatic carbocycles. The molecule has 0 bridgehead atoms. The summed E-state index contributed by atoms with van der Waals surface area (Å²) >= 11 is 0. The second kappa shape index (κ2) is 6.05. The van der Waals surface area contributed by atoms with E-state index in [4.69, 9.17) is 4.42 Å². The molecule has 0 saturated heterocycles. The number of amides is 1. The zero-order valence-electron chi connectivity index (χ0n) is 10.5. The summed E-state index contributed by atoms with van der Waals surface area (Å²) in [7, 11) is 0. The second-order valence-corrected chi connectivity index (χ2v) is 4.26. The normalized spacial score (nSPS) is 10.3. The van der Waals surface area contributed by atoms with E-state index in [-0.39, 0.29) is 5.91 Å². The van der Waals surface area contributed by atoms with Crippen LogP contribution in [0.4, 0.5) is 0 Å². The molecule has 0 aliphatic carbocycles. The van der Waals surface area contributed by atoms with Gasteiger partial charge in [0.2, 0.25) is 5.91 Å². The lowest BCUT2D eigenvalue weighted by atomic mass is 10.1. The van der Waals surface area contributed by atoms with Gasteiger partial charge in [-0.15, -0.1) is 0 Å². The molecule has 1 N–H and O–H groups in total. The van der Waals surface area contributed by atoms with Gasteiger partial charge in [-0.2, -0.15) is 0 Å². The Morgan fingerprint density at radius 1 is 1.06 bits per heavy atom. The number of nitrogens with one attached hydrogen (secondary N) is 1. The third-order valence-corrected chi connectivity index (χ3v) is 2.73. The minimum absolute atomic E-state index is 0.0442. The summed E-state index contributed by atoms with van der Waals surface area (Å²) in [6.07, 6.45) is 1.85. The van der Waals surface area contributed by atoms with Crippen LogP contribution in [0.25, 0.3) is 0 Å². The van der Waals surface area contributed by atoms with Gasteiger partial charge in [0, 0.05) is 13.3 Å². The van der Waals surface area contributed by atoms with E-state index in [1.54, 1.807) is 0 Å². The highest BCUT2D eigenvalue weighted by atomic mass is 16.3. The number of carbonyl (C=O) groups is 1. The number of benzene rings is 1. The maximum Gasteiger partial charge on any atom is 0.217 e. The second-order valence-electron chi connectivity index (χ2n) is 4.26. The Labute approximate surface area is 107 Å². The van der Waals surface area contributed by atoms with E-state index in [0.29, 0.717) is 6.54 Å². The molecular formula is C15H17NO2. The van der Waals surface area contributed by atoms with Gasteiger partial charge in [0.15, 0.2) is 0 Å². The Bertz CT molecular complexity index is 502. The number of hydrogen-bond acceptors (Lipinski definition) is 2. The van der Waals surface area contributed by atoms with Crippen molar-refractivity contribution in [2.24, 2.45) is 0 Å². The lowest BCUT2D eigenvalue weighted by Crippen LogP contribution is -2.18. The summed E-state index contributed by atoms with van der Waals surface area (Å²) in [5, 5.41) is 2.72. The third kappa shape index (κ3) is 3.77. The minimum Gasteiger partial charge on any atom is -0.464 e. The molecule has 3 heteroatoms. The van der Waals surface area contributed by atoms with Gasteiger partial charge in [0.1, 0.15) is 11.5 Å². The van der Waals surface area contributed by atoms with Crippen molar-refractivity contribution in [3.63, 3.8) is 0 Å². The molecule has 0 aliphatic heterocycles. The van der Waals surface area contributed by atoms with Gasteiger partial charge in [-0.1, -0.05) is 30.3 Å². The van der Waals surface area contributed by atoms with Crippen molar-refractivity contribution in [3.8, 4) is 0 Å². The molecule has 3 nitrogen and oxygen atoms in total. The van der Waals surface area contributed by atoms with Crippen molar-refractivity contribution >= 4 is 5.91 Å². The predicted octanol–water partition coefficient (Wildman–Crippen LogP) is 2.70. The zero-order valence-corrected chi connectivity index (χ0v) is 10.5. The Morgan fingerprint density at radius 3 is 2.50 bits per heavy atom. The van der Waals surface area contributed by atoms with Crippen LogP contribution < -0.4 is 5.32 Å². The van der Waals surface area contributed by atoms with Crippen LogP contribution in [-0.2, 0) is 24.2 Å². The number of carbonyl (C=O) groups excluding carboxylic acids is 1. The van der Waals surface area contributed by atoms with E-state index < -0.39 is 0 Å². The molecule has 1 aromatic heterocycles. The van der Waals surface area contributed by atoms with Crippen molar-refractivity contribution in [2.45, 2.75) is 26.3 Å². The fourth-order valence-corrected chi connectivity index (χ4v) is 1.78. The molecule has 2 rings (SSSR count). The van der Waals surface area contributed by atoms with Gasteiger partial charge in [0.25, 0.3) is 0 Å². The summed E-state index contributed by atoms with van der Waals surface area (Å²) in [6.45, 7) is 1.96. The van der Waals surface area contributed by atoms with Crippen LogP contribution in [0.3, 0.4) is 0 Å². The molecule has 18 heavy (non-hydrogen) atoms. The minimum atomic E-state index is -0.0442. The lowest BCUT2D eigenvalue weighted by Gasteiger charge is -2.00. The summed E-state index contributed by atoms with van der Waals surface area (Å²) < 4.78 is 5.64. The molecule has 0 unspecified atom stereocenters. The van der Waals surface area contributed by atoms with Crippen molar-refractivity contribution < 1.29 is 9.21 Å². The SMILES string of the molecule is CC(=O)NCc1ccc(CCc2ccccc2)o1. The Hall–Kier alpha value is -2.03. The van der Waals surface area contributed by atoms with Crippen LogP contribution in [0.15, 0.2) is 46.9 Å². The average Bonchev–Trinajstić information content (AvgIpc) is 2.83. The van der Waals surface area contributed by atoms with Crippen molar-refractivity contribution in [1.82, 2.24) is 5.32 Å². The predicted molar refractivity (Wildman–Crippen MR) is 70.1 cm³/mol. The molecular weight excluding hydrogens is 226 g/mol. The number of hydrogen-bond donors (Lipinski definition) is 1. The molecule has 94 valence electrons. The standard InChI is InChI=1S/C15H17NO2/c1-12(17)16-11-15-10-9-14(18-15)8-7-13-5-3-2-4-6-13/h2-6,9-10H,7-8,11H2,1H3,(H,16,17). The van der Waals surface area contributed by atoms with E-state index in [2.05, 4.69) is 17.4 Å². The van der Waals surface area contributed by atoms with E-state index in [0.717, 1.165) is 24.4 Å². The quantitative estimate of drug-likeness (QED) is 0.877. The largest absolute Gasteiger partial charge is 0.464 e. The first-order valence-corrected chi connectivity index (χ1v) is 6.10. The number of aryl methyl sites for hydroxylation is 2. The first kappa shape index (κ1) is 12.4. The molecule has 2 aromatic rings. The van der Waals surface area contributed by atoms with Crippen molar-refractivity contribution in [2.75, 3.05) is 0 Å². The summed E-state index contributed by atoms with van der Waals surface area (Å²) in [5.41, 5.74) is 1.30. The zero-order chi connectivity index (χ0) is 12.8. The highest BCUT2D eigenvalue weighted by molar-refractivity contribution is 5.72. The molecule has 0 saturated carbocycles. The highest BCUT2D eigenvalue weighted by Crippen LogP contribution is 2.11. The maximum atomic E-state index is 10.8. The summed E-state index contributed by atoms with van der Waals surface area (Å²) in [6, 6.07) is 14.2. The van der Waals surface area contributed by atoms with Gasteiger partial charge < -0.3 is 9.73 Å². The Kier molecular flexibility index (Phi) is 4.18. The fraction of sp³-hybridized carbons (Fsp3) is 0.267. The van der Waals surface area contributed by atoms with Crippen LogP contribution in [0.1, 0.15) is 24.0 Å². The topological polar surface area (TPSA) is 42.2 Å². The third-order valence-electron chi connectivity index (χ3n) is 2.73. The van der Waals surface area contributed by atoms with Crippen LogP contribution in [0, 0.1) is 0 Å². The van der Waals surface area contributed by atoms with Crippen molar-refractivity contribution in [3.05, 3.63) is 59.5 Å². The van der Waals surface area contributed by atoms with E-state index in [1.165, 1.54) is 12.5 Å². The van der Waals surface area contributed by atoms with E-state index in [1.807, 2.05) is 30.3 Å². The number of rotatable bonds is 5. The molecule has 1 amide bonds. The molecule has 1 heterocycles. The molecule has 0 atom stereocenters. The van der Waals surface area contributed by atoms with Crippen LogP contribution in [-0.4, -0.2) is 5.91 Å². The first-order chi connectivity index (χ1) is 8.74. The summed E-state index contributed by atoms with van der Waals surface area (Å²) in [4.78, 5) is 10.8. The molecule has 0 spiro atoms. The monoisotopic (exact) mass is 243 g/mol. The van der Waals surface area contributed by atoms with Crippen LogP contribution in [0.5, 0.6) is 0 Å². The smallest absolute Gasteiger partial charge is 0.217 e. The van der Waals surface area contributed by atoms with Gasteiger partial charge in [-0.05, 0) is 24.1 Å². The number of furan rings is 1. The fourth-order valence-electron chi connectivity index (χ4n) is 1.78. The molecule has 0 aliphatic rings. The Balaban J connectivity index is 1.85. The molecule has 0 radical (unpaired) electrons. The van der Waals surface area contributed by atoms with Crippen LogP contribution in [0.2, 0.25) is 0 Å². The van der Waals surface area contributed by atoms with Gasteiger partial charge in [-0.25, -0.2) is 0 Å².